The van der Waals surface area contributed by atoms with Crippen LogP contribution in [0.25, 0.3) is 0 Å². The van der Waals surface area contributed by atoms with Gasteiger partial charge in [0.05, 0.1) is 18.8 Å². The highest BCUT2D eigenvalue weighted by molar-refractivity contribution is 5.80. The minimum absolute atomic E-state index is 0.379. The van der Waals surface area contributed by atoms with E-state index in [1.54, 1.807) is 6.08 Å². The highest BCUT2D eigenvalue weighted by atomic mass is 16.3. The van der Waals surface area contributed by atoms with Crippen LogP contribution in [0.2, 0.25) is 0 Å². The first-order valence-corrected chi connectivity index (χ1v) is 21.3. The maximum Gasteiger partial charge on any atom is 0.249 e. The Morgan fingerprint density at radius 1 is 0.490 bits per heavy atom. The van der Waals surface area contributed by atoms with Gasteiger partial charge in [-0.25, -0.2) is 0 Å². The van der Waals surface area contributed by atoms with Crippen molar-refractivity contribution in [3.8, 4) is 0 Å². The van der Waals surface area contributed by atoms with Crippen LogP contribution >= 0.6 is 0 Å². The molecule has 0 rings (SSSR count). The Bertz CT molecular complexity index is 764. The van der Waals surface area contributed by atoms with Crippen molar-refractivity contribution in [3.05, 3.63) is 36.5 Å². The Labute approximate surface area is 304 Å². The first kappa shape index (κ1) is 47.6. The van der Waals surface area contributed by atoms with Crippen LogP contribution in [0.4, 0.5) is 0 Å². The van der Waals surface area contributed by atoms with Gasteiger partial charge < -0.3 is 20.6 Å². The molecule has 0 aliphatic heterocycles. The fourth-order valence-corrected chi connectivity index (χ4v) is 6.33. The third-order valence-corrected chi connectivity index (χ3v) is 9.71. The molecule has 288 valence electrons. The number of carbonyl (C=O) groups excluding carboxylic acids is 1. The Morgan fingerprint density at radius 3 is 1.24 bits per heavy atom. The maximum atomic E-state index is 12.4. The second-order valence-electron chi connectivity index (χ2n) is 14.5. The van der Waals surface area contributed by atoms with Crippen molar-refractivity contribution in [1.82, 2.24) is 5.32 Å². The number of nitrogens with one attached hydrogen (secondary N) is 1. The van der Waals surface area contributed by atoms with E-state index in [1.807, 2.05) is 6.08 Å². The Hall–Kier alpha value is -1.43. The summed E-state index contributed by atoms with van der Waals surface area (Å²) in [7, 11) is 0. The van der Waals surface area contributed by atoms with Crippen molar-refractivity contribution in [2.45, 2.75) is 231 Å². The minimum atomic E-state index is -1.10. The van der Waals surface area contributed by atoms with Gasteiger partial charge in [-0.2, -0.15) is 0 Å². The molecular formula is C44H83NO4. The van der Waals surface area contributed by atoms with Crippen LogP contribution in [0.1, 0.15) is 213 Å². The van der Waals surface area contributed by atoms with Crippen molar-refractivity contribution >= 4 is 5.91 Å². The average Bonchev–Trinajstić information content (AvgIpc) is 3.11. The predicted octanol–water partition coefficient (Wildman–Crippen LogP) is 12.0. The SMILES string of the molecule is CCCCCCCCCCCC/C=C/CC/C=C/CC/C=C/C(O)C(CO)NC(=O)C(O)CCCCCCCCCCCCCCCCC. The normalized spacial score (nSPS) is 14.0. The molecule has 5 heteroatoms. The first-order chi connectivity index (χ1) is 24.1. The molecule has 0 aromatic rings. The Kier molecular flexibility index (Phi) is 38.2. The van der Waals surface area contributed by atoms with Gasteiger partial charge in [0.15, 0.2) is 0 Å². The molecule has 0 saturated carbocycles. The Morgan fingerprint density at radius 2 is 0.837 bits per heavy atom. The van der Waals surface area contributed by atoms with Gasteiger partial charge in [0.2, 0.25) is 5.91 Å². The molecule has 5 nitrogen and oxygen atoms in total. The van der Waals surface area contributed by atoms with E-state index in [1.165, 1.54) is 148 Å². The molecule has 0 saturated heterocycles. The van der Waals surface area contributed by atoms with E-state index in [2.05, 4.69) is 43.5 Å². The predicted molar refractivity (Wildman–Crippen MR) is 213 cm³/mol. The third kappa shape index (κ3) is 34.8. The minimum Gasteiger partial charge on any atom is -0.394 e. The summed E-state index contributed by atoms with van der Waals surface area (Å²) >= 11 is 0. The van der Waals surface area contributed by atoms with Crippen LogP contribution in [0, 0.1) is 0 Å². The number of aliphatic hydroxyl groups is 3. The highest BCUT2D eigenvalue weighted by Gasteiger charge is 2.22. The maximum absolute atomic E-state index is 12.4. The molecule has 0 aliphatic carbocycles. The molecule has 0 radical (unpaired) electrons. The van der Waals surface area contributed by atoms with Crippen molar-refractivity contribution in [2.24, 2.45) is 0 Å². The van der Waals surface area contributed by atoms with E-state index in [0.29, 0.717) is 6.42 Å². The molecule has 0 heterocycles. The van der Waals surface area contributed by atoms with Crippen LogP contribution in [0.15, 0.2) is 36.5 Å². The average molecular weight is 690 g/mol. The molecule has 0 aliphatic rings. The zero-order valence-electron chi connectivity index (χ0n) is 32.6. The van der Waals surface area contributed by atoms with E-state index in [0.717, 1.165) is 44.9 Å². The van der Waals surface area contributed by atoms with Gasteiger partial charge >= 0.3 is 0 Å². The van der Waals surface area contributed by atoms with E-state index >= 15 is 0 Å². The number of allylic oxidation sites excluding steroid dienone is 5. The van der Waals surface area contributed by atoms with Gasteiger partial charge in [-0.1, -0.05) is 204 Å². The second kappa shape index (κ2) is 39.4. The number of rotatable bonds is 38. The summed E-state index contributed by atoms with van der Waals surface area (Å²) in [5, 5.41) is 33.1. The topological polar surface area (TPSA) is 89.8 Å². The summed E-state index contributed by atoms with van der Waals surface area (Å²) < 4.78 is 0. The number of hydrogen-bond donors (Lipinski definition) is 4. The first-order valence-electron chi connectivity index (χ1n) is 21.3. The quantitative estimate of drug-likeness (QED) is 0.0384. The van der Waals surface area contributed by atoms with Crippen molar-refractivity contribution in [2.75, 3.05) is 6.61 Å². The molecule has 3 unspecified atom stereocenters. The van der Waals surface area contributed by atoms with Gasteiger partial charge in [-0.05, 0) is 44.9 Å². The number of hydrogen-bond acceptors (Lipinski definition) is 4. The van der Waals surface area contributed by atoms with Gasteiger partial charge in [0.25, 0.3) is 0 Å². The van der Waals surface area contributed by atoms with Gasteiger partial charge in [-0.15, -0.1) is 0 Å². The van der Waals surface area contributed by atoms with E-state index in [9.17, 15) is 20.1 Å². The largest absolute Gasteiger partial charge is 0.394 e. The van der Waals surface area contributed by atoms with E-state index in [4.69, 9.17) is 0 Å². The fourth-order valence-electron chi connectivity index (χ4n) is 6.33. The molecule has 49 heavy (non-hydrogen) atoms. The molecule has 0 aromatic carbocycles. The van der Waals surface area contributed by atoms with E-state index < -0.39 is 24.2 Å². The molecule has 0 fully saturated rings. The molecular weight excluding hydrogens is 606 g/mol. The Balaban J connectivity index is 3.76. The van der Waals surface area contributed by atoms with Gasteiger partial charge in [-0.3, -0.25) is 4.79 Å². The summed E-state index contributed by atoms with van der Waals surface area (Å²) in [6, 6.07) is -0.817. The lowest BCUT2D eigenvalue weighted by molar-refractivity contribution is -0.131. The lowest BCUT2D eigenvalue weighted by Gasteiger charge is -2.21. The van der Waals surface area contributed by atoms with E-state index in [-0.39, 0.29) is 6.61 Å². The lowest BCUT2D eigenvalue weighted by atomic mass is 10.0. The van der Waals surface area contributed by atoms with Crippen molar-refractivity contribution in [1.29, 1.82) is 0 Å². The number of aliphatic hydroxyl groups excluding tert-OH is 3. The van der Waals surface area contributed by atoms with Crippen LogP contribution in [-0.2, 0) is 4.79 Å². The van der Waals surface area contributed by atoms with Crippen LogP contribution in [-0.4, -0.2) is 46.1 Å². The van der Waals surface area contributed by atoms with Crippen LogP contribution in [0.3, 0.4) is 0 Å². The zero-order chi connectivity index (χ0) is 35.9. The molecule has 3 atom stereocenters. The summed E-state index contributed by atoms with van der Waals surface area (Å²) in [6.07, 6.45) is 48.9. The zero-order valence-corrected chi connectivity index (χ0v) is 32.6. The van der Waals surface area contributed by atoms with Crippen LogP contribution in [0.5, 0.6) is 0 Å². The molecule has 4 N–H and O–H groups in total. The molecule has 0 spiro atoms. The van der Waals surface area contributed by atoms with Crippen molar-refractivity contribution < 1.29 is 20.1 Å². The number of carbonyl (C=O) groups is 1. The van der Waals surface area contributed by atoms with Gasteiger partial charge in [0.1, 0.15) is 6.10 Å². The molecule has 0 bridgehead atoms. The fraction of sp³-hybridized carbons (Fsp3) is 0.841. The van der Waals surface area contributed by atoms with Crippen LogP contribution < -0.4 is 5.32 Å². The monoisotopic (exact) mass is 690 g/mol. The number of amides is 1. The lowest BCUT2D eigenvalue weighted by Crippen LogP contribution is -2.48. The summed E-state index contributed by atoms with van der Waals surface area (Å²) in [4.78, 5) is 12.4. The second-order valence-corrected chi connectivity index (χ2v) is 14.5. The summed E-state index contributed by atoms with van der Waals surface area (Å²) in [5.74, 6) is -0.516. The van der Waals surface area contributed by atoms with Gasteiger partial charge in [0, 0.05) is 0 Å². The molecule has 0 aromatic heterocycles. The third-order valence-electron chi connectivity index (χ3n) is 9.71. The standard InChI is InChI=1S/C44H83NO4/c1-3-5-7-9-11-13-15-17-19-20-21-22-23-25-26-28-30-32-34-36-38-42(47)41(40-46)45-44(49)43(48)39-37-35-33-31-29-27-24-18-16-14-12-10-8-6-4-2/h22-23,28,30,36,38,41-43,46-48H,3-21,24-27,29,31-35,37,39-40H2,1-2H3,(H,45,49)/b23-22+,30-28+,38-36+. The van der Waals surface area contributed by atoms with Crippen molar-refractivity contribution in [3.63, 3.8) is 0 Å². The molecule has 1 amide bonds. The summed E-state index contributed by atoms with van der Waals surface area (Å²) in [6.45, 7) is 4.16. The smallest absolute Gasteiger partial charge is 0.249 e. The summed E-state index contributed by atoms with van der Waals surface area (Å²) in [5.41, 5.74) is 0. The highest BCUT2D eigenvalue weighted by Crippen LogP contribution is 2.15. The number of unbranched alkanes of at least 4 members (excludes halogenated alkanes) is 26.